The number of rotatable bonds is 3. The van der Waals surface area contributed by atoms with E-state index < -0.39 is 12.1 Å². The average Bonchev–Trinajstić information content (AvgIpc) is 2.82. The molecule has 0 radical (unpaired) electrons. The molecule has 2 aliphatic rings. The van der Waals surface area contributed by atoms with E-state index >= 15 is 0 Å². The molecule has 1 aromatic heterocycles. The van der Waals surface area contributed by atoms with Gasteiger partial charge in [-0.15, -0.1) is 0 Å². The summed E-state index contributed by atoms with van der Waals surface area (Å²) in [6.07, 6.45) is 5.24. The highest BCUT2D eigenvalue weighted by atomic mass is 19.1. The van der Waals surface area contributed by atoms with Crippen molar-refractivity contribution in [2.75, 3.05) is 13.1 Å². The first kappa shape index (κ1) is 16.0. The van der Waals surface area contributed by atoms with Gasteiger partial charge in [-0.05, 0) is 25.7 Å². The number of carbonyl (C=O) groups is 2. The van der Waals surface area contributed by atoms with Crippen LogP contribution in [0, 0.1) is 5.92 Å². The Kier molecular flexibility index (Phi) is 4.63. The number of primary amides is 1. The number of imidazole rings is 1. The van der Waals surface area contributed by atoms with E-state index in [0.717, 1.165) is 38.1 Å². The van der Waals surface area contributed by atoms with E-state index in [1.54, 1.807) is 11.1 Å². The normalized spacial score (nSPS) is 20.7. The van der Waals surface area contributed by atoms with Crippen LogP contribution in [0.1, 0.15) is 48.4 Å². The number of fused-ring (bicyclic) bond motifs is 1. The van der Waals surface area contributed by atoms with Gasteiger partial charge in [-0.1, -0.05) is 6.42 Å². The number of nitrogens with two attached hydrogens (primary N) is 1. The maximum absolute atomic E-state index is 13.7. The van der Waals surface area contributed by atoms with Crippen molar-refractivity contribution in [3.8, 4) is 0 Å². The molecule has 126 valence electrons. The Balaban J connectivity index is 1.66. The molecule has 3 heterocycles. The molecule has 0 saturated carbocycles. The maximum Gasteiger partial charge on any atom is 0.272 e. The van der Waals surface area contributed by atoms with Crippen molar-refractivity contribution >= 4 is 11.8 Å². The van der Waals surface area contributed by atoms with Crippen molar-refractivity contribution in [1.82, 2.24) is 14.5 Å². The Morgan fingerprint density at radius 2 is 1.96 bits per heavy atom. The number of hydrogen-bond acceptors (Lipinski definition) is 3. The van der Waals surface area contributed by atoms with Gasteiger partial charge in [-0.25, -0.2) is 9.37 Å². The molecule has 0 spiro atoms. The number of alkyl halides is 1. The van der Waals surface area contributed by atoms with E-state index in [2.05, 4.69) is 4.98 Å². The molecule has 7 heteroatoms. The number of hydrogen-bond donors (Lipinski definition) is 1. The van der Waals surface area contributed by atoms with Crippen molar-refractivity contribution in [1.29, 1.82) is 0 Å². The predicted octanol–water partition coefficient (Wildman–Crippen LogP) is 1.29. The van der Waals surface area contributed by atoms with E-state index in [9.17, 15) is 14.0 Å². The van der Waals surface area contributed by atoms with E-state index in [1.165, 1.54) is 0 Å². The summed E-state index contributed by atoms with van der Waals surface area (Å²) < 4.78 is 15.7. The summed E-state index contributed by atoms with van der Waals surface area (Å²) >= 11 is 0. The first-order valence-corrected chi connectivity index (χ1v) is 8.35. The van der Waals surface area contributed by atoms with Gasteiger partial charge < -0.3 is 15.2 Å². The Bertz CT molecular complexity index is 593. The Morgan fingerprint density at radius 1 is 1.22 bits per heavy atom. The van der Waals surface area contributed by atoms with Crippen LogP contribution in [0.25, 0.3) is 0 Å². The topological polar surface area (TPSA) is 81.2 Å². The summed E-state index contributed by atoms with van der Waals surface area (Å²) in [6.45, 7) is 1.75. The van der Waals surface area contributed by atoms with Gasteiger partial charge in [0.05, 0.1) is 6.20 Å². The number of aryl methyl sites for hydroxylation is 1. The van der Waals surface area contributed by atoms with Gasteiger partial charge in [0.2, 0.25) is 0 Å². The molecule has 6 nitrogen and oxygen atoms in total. The van der Waals surface area contributed by atoms with E-state index in [4.69, 9.17) is 5.73 Å². The Morgan fingerprint density at radius 3 is 2.65 bits per heavy atom. The van der Waals surface area contributed by atoms with E-state index in [1.807, 2.05) is 4.57 Å². The van der Waals surface area contributed by atoms with E-state index in [0.29, 0.717) is 31.6 Å². The second-order valence-corrected chi connectivity index (χ2v) is 6.46. The molecular formula is C16H23FN4O2. The van der Waals surface area contributed by atoms with Crippen molar-refractivity contribution in [2.24, 2.45) is 11.7 Å². The van der Waals surface area contributed by atoms with Gasteiger partial charge >= 0.3 is 0 Å². The van der Waals surface area contributed by atoms with Gasteiger partial charge in [0.15, 0.2) is 6.17 Å². The lowest BCUT2D eigenvalue weighted by atomic mass is 9.91. The number of nitrogens with zero attached hydrogens (tertiary/aromatic N) is 3. The standard InChI is InChI=1S/C16H23FN4O2/c17-14(15(18)22)11-5-8-20(9-6-11)16(23)12-10-19-13-4-2-1-3-7-21(12)13/h10-11,14H,1-9H2,(H2,18,22). The zero-order chi connectivity index (χ0) is 16.4. The molecule has 0 bridgehead atoms. The maximum atomic E-state index is 13.7. The molecular weight excluding hydrogens is 299 g/mol. The van der Waals surface area contributed by atoms with Gasteiger partial charge in [0, 0.05) is 32.0 Å². The lowest BCUT2D eigenvalue weighted by molar-refractivity contribution is -0.125. The number of piperidine rings is 1. The van der Waals surface area contributed by atoms with Crippen LogP contribution in [0.4, 0.5) is 4.39 Å². The molecule has 0 aliphatic carbocycles. The zero-order valence-electron chi connectivity index (χ0n) is 13.2. The molecule has 2 amide bonds. The lowest BCUT2D eigenvalue weighted by Crippen LogP contribution is -2.43. The van der Waals surface area contributed by atoms with Crippen molar-refractivity contribution in [3.63, 3.8) is 0 Å². The number of amides is 2. The average molecular weight is 322 g/mol. The summed E-state index contributed by atoms with van der Waals surface area (Å²) in [7, 11) is 0. The fourth-order valence-corrected chi connectivity index (χ4v) is 3.55. The Labute approximate surface area is 134 Å². The third-order valence-electron chi connectivity index (χ3n) is 4.95. The van der Waals surface area contributed by atoms with Crippen LogP contribution in [-0.2, 0) is 17.8 Å². The molecule has 2 aliphatic heterocycles. The first-order chi connectivity index (χ1) is 11.1. The number of carbonyl (C=O) groups excluding carboxylic acids is 2. The highest BCUT2D eigenvalue weighted by molar-refractivity contribution is 5.92. The summed E-state index contributed by atoms with van der Waals surface area (Å²) in [5.74, 6) is -0.341. The second kappa shape index (κ2) is 6.68. The van der Waals surface area contributed by atoms with Gasteiger partial charge in [0.25, 0.3) is 11.8 Å². The molecule has 1 fully saturated rings. The summed E-state index contributed by atoms with van der Waals surface area (Å²) in [5, 5.41) is 0. The minimum Gasteiger partial charge on any atom is -0.367 e. The molecule has 1 saturated heterocycles. The first-order valence-electron chi connectivity index (χ1n) is 8.35. The quantitative estimate of drug-likeness (QED) is 0.910. The number of likely N-dealkylation sites (tertiary alicyclic amines) is 1. The molecule has 3 rings (SSSR count). The minimum atomic E-state index is -1.61. The SMILES string of the molecule is NC(=O)C(F)C1CCN(C(=O)c2cnc3n2CCCCC3)CC1. The van der Waals surface area contributed by atoms with E-state index in [-0.39, 0.29) is 11.8 Å². The predicted molar refractivity (Wildman–Crippen MR) is 82.5 cm³/mol. The van der Waals surface area contributed by atoms with Gasteiger partial charge in [-0.2, -0.15) is 0 Å². The fourth-order valence-electron chi connectivity index (χ4n) is 3.55. The molecule has 1 unspecified atom stereocenters. The molecule has 0 aromatic carbocycles. The fraction of sp³-hybridized carbons (Fsp3) is 0.688. The van der Waals surface area contributed by atoms with Crippen molar-refractivity contribution in [2.45, 2.75) is 51.2 Å². The van der Waals surface area contributed by atoms with Gasteiger partial charge in [0.1, 0.15) is 11.5 Å². The van der Waals surface area contributed by atoms with Crippen molar-refractivity contribution < 1.29 is 14.0 Å². The van der Waals surface area contributed by atoms with Crippen LogP contribution in [0.5, 0.6) is 0 Å². The zero-order valence-corrected chi connectivity index (χ0v) is 13.2. The van der Waals surface area contributed by atoms with Crippen molar-refractivity contribution in [3.05, 3.63) is 17.7 Å². The van der Waals surface area contributed by atoms with Crippen LogP contribution < -0.4 is 5.73 Å². The molecule has 2 N–H and O–H groups in total. The second-order valence-electron chi connectivity index (χ2n) is 6.46. The summed E-state index contributed by atoms with van der Waals surface area (Å²) in [5.41, 5.74) is 5.65. The highest BCUT2D eigenvalue weighted by Crippen LogP contribution is 2.25. The highest BCUT2D eigenvalue weighted by Gasteiger charge is 2.32. The smallest absolute Gasteiger partial charge is 0.272 e. The van der Waals surface area contributed by atoms with Crippen LogP contribution in [0.3, 0.4) is 0 Å². The van der Waals surface area contributed by atoms with Crippen LogP contribution in [0.2, 0.25) is 0 Å². The minimum absolute atomic E-state index is 0.0430. The summed E-state index contributed by atoms with van der Waals surface area (Å²) in [6, 6.07) is 0. The third kappa shape index (κ3) is 3.23. The number of aromatic nitrogens is 2. The van der Waals surface area contributed by atoms with Gasteiger partial charge in [-0.3, -0.25) is 9.59 Å². The van der Waals surface area contributed by atoms with Crippen LogP contribution in [-0.4, -0.2) is 45.5 Å². The number of halogens is 1. The largest absolute Gasteiger partial charge is 0.367 e. The Hall–Kier alpha value is -1.92. The van der Waals surface area contributed by atoms with Crippen LogP contribution >= 0.6 is 0 Å². The molecule has 1 atom stereocenters. The summed E-state index contributed by atoms with van der Waals surface area (Å²) in [4.78, 5) is 29.8. The molecule has 23 heavy (non-hydrogen) atoms. The monoisotopic (exact) mass is 322 g/mol. The van der Waals surface area contributed by atoms with Crippen LogP contribution in [0.15, 0.2) is 6.20 Å². The third-order valence-corrected chi connectivity index (χ3v) is 4.95. The lowest BCUT2D eigenvalue weighted by Gasteiger charge is -2.32. The molecule has 1 aromatic rings.